The molecule has 0 unspecified atom stereocenters. The summed E-state index contributed by atoms with van der Waals surface area (Å²) in [5.74, 6) is 0.861. The van der Waals surface area contributed by atoms with Gasteiger partial charge in [0.25, 0.3) is 5.91 Å². The van der Waals surface area contributed by atoms with Crippen molar-refractivity contribution in [2.24, 2.45) is 5.73 Å². The molecular formula is C18H20Cl2N2O4. The third-order valence-corrected chi connectivity index (χ3v) is 3.84. The third kappa shape index (κ3) is 6.29. The SMILES string of the molecule is COc1cc(CNCCOc2cccc(Cl)c2)cc(Cl)c1OCC(N)=O. The second kappa shape index (κ2) is 10.1. The van der Waals surface area contributed by atoms with Gasteiger partial charge in [0.2, 0.25) is 0 Å². The van der Waals surface area contributed by atoms with Crippen molar-refractivity contribution in [1.29, 1.82) is 0 Å². The molecule has 0 aliphatic rings. The fourth-order valence-electron chi connectivity index (χ4n) is 2.19. The van der Waals surface area contributed by atoms with Crippen molar-refractivity contribution in [3.8, 4) is 17.2 Å². The first kappa shape index (κ1) is 20.2. The van der Waals surface area contributed by atoms with Crippen LogP contribution in [0, 0.1) is 0 Å². The summed E-state index contributed by atoms with van der Waals surface area (Å²) in [4.78, 5) is 10.9. The van der Waals surface area contributed by atoms with Crippen LogP contribution in [0.2, 0.25) is 10.0 Å². The zero-order valence-corrected chi connectivity index (χ0v) is 15.8. The van der Waals surface area contributed by atoms with Crippen LogP contribution >= 0.6 is 23.2 Å². The van der Waals surface area contributed by atoms with Crippen LogP contribution in [0.3, 0.4) is 0 Å². The summed E-state index contributed by atoms with van der Waals surface area (Å²) >= 11 is 12.1. The molecule has 26 heavy (non-hydrogen) atoms. The molecule has 0 radical (unpaired) electrons. The lowest BCUT2D eigenvalue weighted by Crippen LogP contribution is -2.21. The predicted octanol–water partition coefficient (Wildman–Crippen LogP) is 3.03. The van der Waals surface area contributed by atoms with E-state index in [1.807, 2.05) is 12.1 Å². The third-order valence-electron chi connectivity index (χ3n) is 3.32. The zero-order chi connectivity index (χ0) is 18.9. The molecule has 6 nitrogen and oxygen atoms in total. The molecule has 2 rings (SSSR count). The maximum atomic E-state index is 10.9. The van der Waals surface area contributed by atoms with Crippen LogP contribution < -0.4 is 25.3 Å². The summed E-state index contributed by atoms with van der Waals surface area (Å²) in [6.07, 6.45) is 0. The Hall–Kier alpha value is -2.15. The molecule has 8 heteroatoms. The molecule has 0 fully saturated rings. The predicted molar refractivity (Wildman–Crippen MR) is 101 cm³/mol. The van der Waals surface area contributed by atoms with Gasteiger partial charge in [-0.3, -0.25) is 4.79 Å². The van der Waals surface area contributed by atoms with Crippen molar-refractivity contribution in [2.45, 2.75) is 6.54 Å². The Morgan fingerprint density at radius 1 is 1.19 bits per heavy atom. The number of primary amides is 1. The number of carbonyl (C=O) groups excluding carboxylic acids is 1. The summed E-state index contributed by atoms with van der Waals surface area (Å²) in [6, 6.07) is 10.8. The second-order valence-corrected chi connectivity index (χ2v) is 6.19. The normalized spacial score (nSPS) is 10.4. The first-order chi connectivity index (χ1) is 12.5. The highest BCUT2D eigenvalue weighted by Crippen LogP contribution is 2.36. The van der Waals surface area contributed by atoms with E-state index >= 15 is 0 Å². The van der Waals surface area contributed by atoms with Gasteiger partial charge in [0.1, 0.15) is 12.4 Å². The molecule has 0 bridgehead atoms. The maximum Gasteiger partial charge on any atom is 0.255 e. The van der Waals surface area contributed by atoms with Crippen LogP contribution in [0.15, 0.2) is 36.4 Å². The van der Waals surface area contributed by atoms with Gasteiger partial charge in [-0.05, 0) is 35.9 Å². The van der Waals surface area contributed by atoms with Crippen molar-refractivity contribution in [3.05, 3.63) is 52.0 Å². The summed E-state index contributed by atoms with van der Waals surface area (Å²) < 4.78 is 16.2. The Bertz CT molecular complexity index is 756. The van der Waals surface area contributed by atoms with E-state index in [9.17, 15) is 4.79 Å². The van der Waals surface area contributed by atoms with Crippen LogP contribution in [-0.2, 0) is 11.3 Å². The number of halogens is 2. The second-order valence-electron chi connectivity index (χ2n) is 5.35. The summed E-state index contributed by atoms with van der Waals surface area (Å²) in [6.45, 7) is 1.41. The average Bonchev–Trinajstić information content (AvgIpc) is 2.60. The number of hydrogen-bond donors (Lipinski definition) is 2. The Balaban J connectivity index is 1.85. The zero-order valence-electron chi connectivity index (χ0n) is 14.3. The topological polar surface area (TPSA) is 82.8 Å². The number of hydrogen-bond acceptors (Lipinski definition) is 5. The molecule has 140 valence electrons. The number of rotatable bonds is 10. The molecule has 1 amide bonds. The molecule has 0 atom stereocenters. The Kier molecular flexibility index (Phi) is 7.84. The van der Waals surface area contributed by atoms with E-state index in [2.05, 4.69) is 5.32 Å². The van der Waals surface area contributed by atoms with Crippen LogP contribution in [-0.4, -0.2) is 32.8 Å². The van der Waals surface area contributed by atoms with Gasteiger partial charge in [-0.2, -0.15) is 0 Å². The minimum absolute atomic E-state index is 0.269. The lowest BCUT2D eigenvalue weighted by Gasteiger charge is -2.14. The molecule has 0 aliphatic heterocycles. The van der Waals surface area contributed by atoms with E-state index in [1.54, 1.807) is 24.3 Å². The van der Waals surface area contributed by atoms with E-state index < -0.39 is 5.91 Å². The van der Waals surface area contributed by atoms with E-state index in [-0.39, 0.29) is 6.61 Å². The summed E-state index contributed by atoms with van der Waals surface area (Å²) in [7, 11) is 1.50. The van der Waals surface area contributed by atoms with Crippen molar-refractivity contribution in [3.63, 3.8) is 0 Å². The van der Waals surface area contributed by atoms with Crippen molar-refractivity contribution < 1.29 is 19.0 Å². The monoisotopic (exact) mass is 398 g/mol. The van der Waals surface area contributed by atoms with E-state index in [0.717, 1.165) is 11.3 Å². The van der Waals surface area contributed by atoms with Gasteiger partial charge in [0.15, 0.2) is 18.1 Å². The van der Waals surface area contributed by atoms with Crippen molar-refractivity contribution >= 4 is 29.1 Å². The fraction of sp³-hybridized carbons (Fsp3) is 0.278. The van der Waals surface area contributed by atoms with Crippen LogP contribution in [0.1, 0.15) is 5.56 Å². The lowest BCUT2D eigenvalue weighted by molar-refractivity contribution is -0.119. The number of methoxy groups -OCH3 is 1. The van der Waals surface area contributed by atoms with Crippen LogP contribution in [0.25, 0.3) is 0 Å². The van der Waals surface area contributed by atoms with Gasteiger partial charge in [0.05, 0.1) is 12.1 Å². The Morgan fingerprint density at radius 2 is 2.00 bits per heavy atom. The van der Waals surface area contributed by atoms with E-state index in [0.29, 0.717) is 41.2 Å². The molecule has 3 N–H and O–H groups in total. The van der Waals surface area contributed by atoms with Gasteiger partial charge in [0, 0.05) is 18.1 Å². The first-order valence-corrected chi connectivity index (χ1v) is 8.61. The fourth-order valence-corrected chi connectivity index (χ4v) is 2.66. The maximum absolute atomic E-state index is 10.9. The summed E-state index contributed by atoms with van der Waals surface area (Å²) in [5, 5.41) is 4.23. The van der Waals surface area contributed by atoms with Gasteiger partial charge in [-0.1, -0.05) is 29.3 Å². The van der Waals surface area contributed by atoms with Gasteiger partial charge < -0.3 is 25.3 Å². The molecular weight excluding hydrogens is 379 g/mol. The van der Waals surface area contributed by atoms with Gasteiger partial charge in [-0.25, -0.2) is 0 Å². The highest BCUT2D eigenvalue weighted by molar-refractivity contribution is 6.32. The number of benzene rings is 2. The van der Waals surface area contributed by atoms with Crippen LogP contribution in [0.4, 0.5) is 0 Å². The molecule has 0 heterocycles. The van der Waals surface area contributed by atoms with E-state index in [1.165, 1.54) is 7.11 Å². The molecule has 2 aromatic carbocycles. The average molecular weight is 399 g/mol. The van der Waals surface area contributed by atoms with Crippen LogP contribution in [0.5, 0.6) is 17.2 Å². The number of amides is 1. The largest absolute Gasteiger partial charge is 0.493 e. The number of nitrogens with two attached hydrogens (primary N) is 1. The first-order valence-electron chi connectivity index (χ1n) is 7.86. The molecule has 0 spiro atoms. The Morgan fingerprint density at radius 3 is 2.69 bits per heavy atom. The quantitative estimate of drug-likeness (QED) is 0.601. The minimum atomic E-state index is -0.589. The Labute approximate surface area is 162 Å². The summed E-state index contributed by atoms with van der Waals surface area (Å²) in [5.41, 5.74) is 5.98. The van der Waals surface area contributed by atoms with E-state index in [4.69, 9.17) is 43.1 Å². The van der Waals surface area contributed by atoms with Gasteiger partial charge >= 0.3 is 0 Å². The molecule has 2 aromatic rings. The van der Waals surface area contributed by atoms with Crippen molar-refractivity contribution in [2.75, 3.05) is 26.9 Å². The smallest absolute Gasteiger partial charge is 0.255 e. The minimum Gasteiger partial charge on any atom is -0.493 e. The highest BCUT2D eigenvalue weighted by atomic mass is 35.5. The lowest BCUT2D eigenvalue weighted by atomic mass is 10.2. The molecule has 0 aromatic heterocycles. The number of nitrogens with one attached hydrogen (secondary N) is 1. The standard InChI is InChI=1S/C18H20Cl2N2O4/c1-24-16-8-12(7-15(20)18(16)26-11-17(21)23)10-22-5-6-25-14-4-2-3-13(19)9-14/h2-4,7-9,22H,5-6,10-11H2,1H3,(H2,21,23). The highest BCUT2D eigenvalue weighted by Gasteiger charge is 2.13. The number of ether oxygens (including phenoxy) is 3. The number of carbonyl (C=O) groups is 1. The van der Waals surface area contributed by atoms with Crippen molar-refractivity contribution in [1.82, 2.24) is 5.32 Å². The van der Waals surface area contributed by atoms with Gasteiger partial charge in [-0.15, -0.1) is 0 Å². The molecule has 0 saturated carbocycles. The molecule has 0 saturated heterocycles. The molecule has 0 aliphatic carbocycles.